The van der Waals surface area contributed by atoms with Gasteiger partial charge in [-0.25, -0.2) is 4.98 Å². The highest BCUT2D eigenvalue weighted by atomic mass is 32.1. The Morgan fingerprint density at radius 1 is 1.15 bits per heavy atom. The fourth-order valence-corrected chi connectivity index (χ4v) is 5.83. The number of hydrogen-bond donors (Lipinski definition) is 2. The second kappa shape index (κ2) is 11.8. The van der Waals surface area contributed by atoms with Crippen LogP contribution in [0.3, 0.4) is 0 Å². The van der Waals surface area contributed by atoms with Crippen LogP contribution < -0.4 is 15.5 Å². The number of anilines is 2. The average molecular weight is 486 g/mol. The average Bonchev–Trinajstić information content (AvgIpc) is 3.36. The Bertz CT molecular complexity index is 932. The highest BCUT2D eigenvalue weighted by Gasteiger charge is 2.25. The minimum absolute atomic E-state index is 0.124. The predicted octanol–water partition coefficient (Wildman–Crippen LogP) is 5.24. The van der Waals surface area contributed by atoms with Crippen molar-refractivity contribution in [2.45, 2.75) is 57.8 Å². The zero-order chi connectivity index (χ0) is 23.0. The number of likely N-dealkylation sites (tertiary alicyclic amines) is 1. The standard InChI is InChI=1S/C25H35N5OS2/c1-2-3-13-26-25(32)30-16-11-19(12-17-30)24-28-21(18-33-24)23(31)27-20-9-5-6-10-22(20)29-14-7-4-8-15-29/h5-6,9-10,18-19H,2-4,7-8,11-17H2,1H3,(H,26,32)(H,27,31). The third-order valence-corrected chi connectivity index (χ3v) is 7.95. The van der Waals surface area contributed by atoms with Gasteiger partial charge in [-0.2, -0.15) is 0 Å². The summed E-state index contributed by atoms with van der Waals surface area (Å²) in [4.78, 5) is 22.4. The number of piperidine rings is 2. The minimum Gasteiger partial charge on any atom is -0.370 e. The number of hydrogen-bond acceptors (Lipinski definition) is 5. The number of carbonyl (C=O) groups excluding carboxylic acids is 1. The van der Waals surface area contributed by atoms with Crippen molar-refractivity contribution >= 4 is 45.9 Å². The Hall–Kier alpha value is -2.19. The molecular weight excluding hydrogens is 450 g/mol. The lowest BCUT2D eigenvalue weighted by atomic mass is 9.98. The molecule has 0 bridgehead atoms. The molecule has 2 N–H and O–H groups in total. The van der Waals surface area contributed by atoms with Crippen molar-refractivity contribution in [1.29, 1.82) is 0 Å². The van der Waals surface area contributed by atoms with Crippen LogP contribution in [0.5, 0.6) is 0 Å². The lowest BCUT2D eigenvalue weighted by molar-refractivity contribution is 0.102. The first-order valence-electron chi connectivity index (χ1n) is 12.3. The van der Waals surface area contributed by atoms with Crippen molar-refractivity contribution < 1.29 is 4.79 Å². The molecule has 4 rings (SSSR count). The van der Waals surface area contributed by atoms with Gasteiger partial charge < -0.3 is 20.4 Å². The summed E-state index contributed by atoms with van der Waals surface area (Å²) in [7, 11) is 0. The molecule has 178 valence electrons. The van der Waals surface area contributed by atoms with Crippen LogP contribution in [0, 0.1) is 0 Å². The second-order valence-electron chi connectivity index (χ2n) is 8.94. The number of nitrogens with zero attached hydrogens (tertiary/aromatic N) is 3. The number of aromatic nitrogens is 1. The van der Waals surface area contributed by atoms with Gasteiger partial charge in [0.05, 0.1) is 16.4 Å². The van der Waals surface area contributed by atoms with Crippen LogP contribution in [-0.2, 0) is 0 Å². The molecule has 2 aliphatic heterocycles. The zero-order valence-electron chi connectivity index (χ0n) is 19.5. The van der Waals surface area contributed by atoms with Crippen LogP contribution in [-0.4, -0.2) is 53.6 Å². The molecule has 1 aromatic carbocycles. The van der Waals surface area contributed by atoms with E-state index in [0.29, 0.717) is 11.6 Å². The topological polar surface area (TPSA) is 60.5 Å². The number of amides is 1. The summed E-state index contributed by atoms with van der Waals surface area (Å²) in [6.45, 7) is 7.10. The van der Waals surface area contributed by atoms with E-state index in [-0.39, 0.29) is 5.91 Å². The van der Waals surface area contributed by atoms with Gasteiger partial charge >= 0.3 is 0 Å². The number of thiocarbonyl (C=S) groups is 1. The third-order valence-electron chi connectivity index (χ3n) is 6.54. The highest BCUT2D eigenvalue weighted by molar-refractivity contribution is 7.80. The number of para-hydroxylation sites is 2. The van der Waals surface area contributed by atoms with Gasteiger partial charge in [0.25, 0.3) is 5.91 Å². The van der Waals surface area contributed by atoms with Crippen molar-refractivity contribution in [3.63, 3.8) is 0 Å². The molecule has 0 radical (unpaired) electrons. The van der Waals surface area contributed by atoms with Gasteiger partial charge in [0.15, 0.2) is 5.11 Å². The molecule has 1 aromatic heterocycles. The van der Waals surface area contributed by atoms with Crippen LogP contribution in [0.4, 0.5) is 11.4 Å². The van der Waals surface area contributed by atoms with Gasteiger partial charge in [0, 0.05) is 44.0 Å². The van der Waals surface area contributed by atoms with E-state index in [1.165, 1.54) is 25.7 Å². The van der Waals surface area contributed by atoms with Crippen LogP contribution in [0.15, 0.2) is 29.6 Å². The van der Waals surface area contributed by atoms with Crippen molar-refractivity contribution in [2.75, 3.05) is 42.9 Å². The number of nitrogens with one attached hydrogen (secondary N) is 2. The van der Waals surface area contributed by atoms with E-state index in [1.54, 1.807) is 11.3 Å². The fraction of sp³-hybridized carbons (Fsp3) is 0.560. The fourth-order valence-electron chi connectivity index (χ4n) is 4.57. The maximum Gasteiger partial charge on any atom is 0.275 e. The van der Waals surface area contributed by atoms with Crippen molar-refractivity contribution in [3.05, 3.63) is 40.3 Å². The second-order valence-corrected chi connectivity index (χ2v) is 10.2. The summed E-state index contributed by atoms with van der Waals surface area (Å²) in [5.74, 6) is 0.271. The Morgan fingerprint density at radius 2 is 1.91 bits per heavy atom. The first-order valence-corrected chi connectivity index (χ1v) is 13.6. The predicted molar refractivity (Wildman–Crippen MR) is 142 cm³/mol. The summed E-state index contributed by atoms with van der Waals surface area (Å²) in [5, 5.41) is 10.3. The molecule has 3 heterocycles. The highest BCUT2D eigenvalue weighted by Crippen LogP contribution is 2.32. The Labute approximate surface area is 206 Å². The SMILES string of the molecule is CCCCNC(=S)N1CCC(c2nc(C(=O)Nc3ccccc3N3CCCCC3)cs2)CC1. The van der Waals surface area contributed by atoms with Crippen LogP contribution in [0.25, 0.3) is 0 Å². The third kappa shape index (κ3) is 6.23. The maximum atomic E-state index is 13.0. The van der Waals surface area contributed by atoms with E-state index in [2.05, 4.69) is 33.4 Å². The molecule has 0 spiro atoms. The lowest BCUT2D eigenvalue weighted by Crippen LogP contribution is -2.44. The molecule has 8 heteroatoms. The van der Waals surface area contributed by atoms with Gasteiger partial charge in [0.2, 0.25) is 0 Å². The molecule has 6 nitrogen and oxygen atoms in total. The van der Waals surface area contributed by atoms with E-state index in [1.807, 2.05) is 23.6 Å². The molecule has 0 aliphatic carbocycles. The lowest BCUT2D eigenvalue weighted by Gasteiger charge is -2.33. The molecule has 2 saturated heterocycles. The summed E-state index contributed by atoms with van der Waals surface area (Å²) in [5.41, 5.74) is 2.50. The normalized spacial score (nSPS) is 17.1. The van der Waals surface area contributed by atoms with E-state index < -0.39 is 0 Å². The largest absolute Gasteiger partial charge is 0.370 e. The van der Waals surface area contributed by atoms with Crippen molar-refractivity contribution in [1.82, 2.24) is 15.2 Å². The molecule has 1 amide bonds. The Balaban J connectivity index is 1.33. The van der Waals surface area contributed by atoms with Crippen LogP contribution >= 0.6 is 23.6 Å². The van der Waals surface area contributed by atoms with E-state index >= 15 is 0 Å². The summed E-state index contributed by atoms with van der Waals surface area (Å²) < 4.78 is 0. The number of benzene rings is 1. The quantitative estimate of drug-likeness (QED) is 0.413. The maximum absolute atomic E-state index is 13.0. The Morgan fingerprint density at radius 3 is 2.67 bits per heavy atom. The van der Waals surface area contributed by atoms with Gasteiger partial charge in [-0.1, -0.05) is 25.5 Å². The first-order chi connectivity index (χ1) is 16.2. The molecule has 0 unspecified atom stereocenters. The smallest absolute Gasteiger partial charge is 0.275 e. The monoisotopic (exact) mass is 485 g/mol. The first kappa shape index (κ1) is 24.0. The number of unbranched alkanes of at least 4 members (excludes halogenated alkanes) is 1. The molecule has 0 atom stereocenters. The molecule has 2 fully saturated rings. The summed E-state index contributed by atoms with van der Waals surface area (Å²) in [6.07, 6.45) is 8.04. The summed E-state index contributed by atoms with van der Waals surface area (Å²) in [6, 6.07) is 8.10. The zero-order valence-corrected chi connectivity index (χ0v) is 21.1. The molecule has 2 aliphatic rings. The number of rotatable bonds is 7. The summed E-state index contributed by atoms with van der Waals surface area (Å²) >= 11 is 7.15. The van der Waals surface area contributed by atoms with Gasteiger partial charge in [-0.05, 0) is 62.9 Å². The molecular formula is C25H35N5OS2. The number of carbonyl (C=O) groups is 1. The van der Waals surface area contributed by atoms with Crippen LogP contribution in [0.1, 0.15) is 73.3 Å². The van der Waals surface area contributed by atoms with E-state index in [4.69, 9.17) is 17.2 Å². The molecule has 33 heavy (non-hydrogen) atoms. The van der Waals surface area contributed by atoms with Gasteiger partial charge in [-0.15, -0.1) is 11.3 Å². The van der Waals surface area contributed by atoms with Crippen molar-refractivity contribution in [3.8, 4) is 0 Å². The van der Waals surface area contributed by atoms with Crippen molar-refractivity contribution in [2.24, 2.45) is 0 Å². The van der Waals surface area contributed by atoms with Gasteiger partial charge in [0.1, 0.15) is 5.69 Å². The minimum atomic E-state index is -0.124. The van der Waals surface area contributed by atoms with E-state index in [9.17, 15) is 4.79 Å². The van der Waals surface area contributed by atoms with E-state index in [0.717, 1.165) is 73.5 Å². The molecule has 2 aromatic rings. The van der Waals surface area contributed by atoms with Crippen LogP contribution in [0.2, 0.25) is 0 Å². The van der Waals surface area contributed by atoms with Gasteiger partial charge in [-0.3, -0.25) is 4.79 Å². The molecule has 0 saturated carbocycles. The Kier molecular flexibility index (Phi) is 8.56. The number of thiazole rings is 1.